The van der Waals surface area contributed by atoms with Gasteiger partial charge in [0.25, 0.3) is 0 Å². The van der Waals surface area contributed by atoms with Crippen molar-refractivity contribution in [3.05, 3.63) is 17.3 Å². The van der Waals surface area contributed by atoms with Crippen LogP contribution in [-0.4, -0.2) is 22.6 Å². The summed E-state index contributed by atoms with van der Waals surface area (Å²) in [5, 5.41) is -0.0981. The first kappa shape index (κ1) is 12.6. The van der Waals surface area contributed by atoms with Crippen molar-refractivity contribution in [3.63, 3.8) is 0 Å². The molecule has 0 aliphatic carbocycles. The van der Waals surface area contributed by atoms with Crippen molar-refractivity contribution in [2.45, 2.75) is 39.2 Å². The number of hydrogen-bond acceptors (Lipinski definition) is 3. The SMILES string of the molecule is CC1CCCC(C)N(c2ncnc(Cl)c2F)C1. The fraction of sp³-hybridized carbons (Fsp3) is 0.667. The van der Waals surface area contributed by atoms with Crippen LogP contribution >= 0.6 is 11.6 Å². The quantitative estimate of drug-likeness (QED) is 0.723. The normalized spacial score (nSPS) is 25.8. The van der Waals surface area contributed by atoms with Crippen LogP contribution in [0, 0.1) is 11.7 Å². The number of halogens is 2. The summed E-state index contributed by atoms with van der Waals surface area (Å²) in [7, 11) is 0. The van der Waals surface area contributed by atoms with E-state index in [4.69, 9.17) is 11.6 Å². The molecule has 94 valence electrons. The highest BCUT2D eigenvalue weighted by molar-refractivity contribution is 6.29. The number of aromatic nitrogens is 2. The van der Waals surface area contributed by atoms with Crippen LogP contribution in [0.25, 0.3) is 0 Å². The zero-order chi connectivity index (χ0) is 12.4. The third kappa shape index (κ3) is 2.68. The average Bonchev–Trinajstić information content (AvgIpc) is 2.45. The van der Waals surface area contributed by atoms with Crippen LogP contribution in [0.1, 0.15) is 33.1 Å². The first-order valence-electron chi connectivity index (χ1n) is 6.02. The highest BCUT2D eigenvalue weighted by Gasteiger charge is 2.25. The predicted molar refractivity (Wildman–Crippen MR) is 66.8 cm³/mol. The van der Waals surface area contributed by atoms with Gasteiger partial charge < -0.3 is 4.90 Å². The number of nitrogens with zero attached hydrogens (tertiary/aromatic N) is 3. The molecule has 2 heterocycles. The van der Waals surface area contributed by atoms with Crippen LogP contribution in [0.4, 0.5) is 10.2 Å². The van der Waals surface area contributed by atoms with Crippen molar-refractivity contribution >= 4 is 17.4 Å². The van der Waals surface area contributed by atoms with Gasteiger partial charge in [0.2, 0.25) is 5.82 Å². The molecule has 2 atom stereocenters. The van der Waals surface area contributed by atoms with Gasteiger partial charge in [0.1, 0.15) is 6.33 Å². The molecule has 0 saturated carbocycles. The van der Waals surface area contributed by atoms with Crippen molar-refractivity contribution in [2.75, 3.05) is 11.4 Å². The van der Waals surface area contributed by atoms with Gasteiger partial charge in [-0.1, -0.05) is 24.9 Å². The van der Waals surface area contributed by atoms with Crippen LogP contribution in [0.5, 0.6) is 0 Å². The van der Waals surface area contributed by atoms with Crippen molar-refractivity contribution in [1.29, 1.82) is 0 Å². The summed E-state index contributed by atoms with van der Waals surface area (Å²) in [5.41, 5.74) is 0. The first-order chi connectivity index (χ1) is 8.09. The summed E-state index contributed by atoms with van der Waals surface area (Å²) >= 11 is 5.71. The van der Waals surface area contributed by atoms with Crippen molar-refractivity contribution in [3.8, 4) is 0 Å². The van der Waals surface area contributed by atoms with Crippen LogP contribution in [0.3, 0.4) is 0 Å². The maximum absolute atomic E-state index is 13.9. The third-order valence-electron chi connectivity index (χ3n) is 3.36. The standard InChI is InChI=1S/C12H17ClFN3/c1-8-4-3-5-9(2)17(6-8)12-10(14)11(13)15-7-16-12/h7-9H,3-6H2,1-2H3. The minimum atomic E-state index is -0.505. The molecule has 2 unspecified atom stereocenters. The molecule has 0 radical (unpaired) electrons. The van der Waals surface area contributed by atoms with Gasteiger partial charge in [-0.25, -0.2) is 9.97 Å². The Labute approximate surface area is 106 Å². The van der Waals surface area contributed by atoms with Gasteiger partial charge in [-0.2, -0.15) is 4.39 Å². The monoisotopic (exact) mass is 257 g/mol. The molecule has 0 aromatic carbocycles. The minimum Gasteiger partial charge on any atom is -0.351 e. The Hall–Kier alpha value is -0.900. The Morgan fingerprint density at radius 3 is 2.88 bits per heavy atom. The average molecular weight is 258 g/mol. The largest absolute Gasteiger partial charge is 0.351 e. The third-order valence-corrected chi connectivity index (χ3v) is 3.62. The van der Waals surface area contributed by atoms with E-state index in [1.165, 1.54) is 19.2 Å². The molecule has 0 amide bonds. The smallest absolute Gasteiger partial charge is 0.202 e. The van der Waals surface area contributed by atoms with Crippen molar-refractivity contribution in [2.24, 2.45) is 5.92 Å². The maximum Gasteiger partial charge on any atom is 0.202 e. The molecule has 1 aliphatic heterocycles. The second-order valence-electron chi connectivity index (χ2n) is 4.84. The van der Waals surface area contributed by atoms with Crippen molar-refractivity contribution < 1.29 is 4.39 Å². The molecule has 1 aliphatic rings. The highest BCUT2D eigenvalue weighted by Crippen LogP contribution is 2.28. The lowest BCUT2D eigenvalue weighted by molar-refractivity contribution is 0.531. The van der Waals surface area contributed by atoms with E-state index in [0.717, 1.165) is 13.0 Å². The van der Waals surface area contributed by atoms with E-state index in [2.05, 4.69) is 23.8 Å². The fourth-order valence-corrected chi connectivity index (χ4v) is 2.49. The first-order valence-corrected chi connectivity index (χ1v) is 6.40. The van der Waals surface area contributed by atoms with E-state index in [9.17, 15) is 4.39 Å². The Morgan fingerprint density at radius 2 is 2.12 bits per heavy atom. The summed E-state index contributed by atoms with van der Waals surface area (Å²) in [5.74, 6) is 0.384. The molecule has 3 nitrogen and oxygen atoms in total. The van der Waals surface area contributed by atoms with E-state index in [1.807, 2.05) is 4.90 Å². The number of rotatable bonds is 1. The molecule has 0 spiro atoms. The van der Waals surface area contributed by atoms with Crippen LogP contribution in [-0.2, 0) is 0 Å². The van der Waals surface area contributed by atoms with Crippen LogP contribution in [0.15, 0.2) is 6.33 Å². The molecule has 2 rings (SSSR count). The number of anilines is 1. The molecule has 1 fully saturated rings. The Kier molecular flexibility index (Phi) is 3.82. The van der Waals surface area contributed by atoms with Crippen LogP contribution in [0.2, 0.25) is 5.15 Å². The molecule has 0 bridgehead atoms. The molecule has 1 aromatic rings. The maximum atomic E-state index is 13.9. The molecule has 0 N–H and O–H groups in total. The zero-order valence-electron chi connectivity index (χ0n) is 10.2. The van der Waals surface area contributed by atoms with Gasteiger partial charge in [-0.05, 0) is 25.7 Å². The molecule has 5 heteroatoms. The molecular weight excluding hydrogens is 241 g/mol. The molecular formula is C12H17ClFN3. The Morgan fingerprint density at radius 1 is 1.35 bits per heavy atom. The highest BCUT2D eigenvalue weighted by atomic mass is 35.5. The van der Waals surface area contributed by atoms with E-state index in [1.54, 1.807) is 0 Å². The van der Waals surface area contributed by atoms with Gasteiger partial charge >= 0.3 is 0 Å². The van der Waals surface area contributed by atoms with Crippen molar-refractivity contribution in [1.82, 2.24) is 9.97 Å². The predicted octanol–water partition coefficient (Wildman–Crippen LogP) is 3.28. The summed E-state index contributed by atoms with van der Waals surface area (Å²) in [6.45, 7) is 5.12. The second-order valence-corrected chi connectivity index (χ2v) is 5.20. The fourth-order valence-electron chi connectivity index (χ4n) is 2.36. The molecule has 1 saturated heterocycles. The van der Waals surface area contributed by atoms with Gasteiger partial charge in [0.05, 0.1) is 0 Å². The lowest BCUT2D eigenvalue weighted by Gasteiger charge is -2.29. The molecule has 1 aromatic heterocycles. The summed E-state index contributed by atoms with van der Waals surface area (Å²) < 4.78 is 13.9. The molecule has 17 heavy (non-hydrogen) atoms. The van der Waals surface area contributed by atoms with Gasteiger partial charge in [0.15, 0.2) is 11.0 Å². The van der Waals surface area contributed by atoms with Crippen LogP contribution < -0.4 is 4.90 Å². The number of hydrogen-bond donors (Lipinski definition) is 0. The van der Waals surface area contributed by atoms with E-state index < -0.39 is 5.82 Å². The minimum absolute atomic E-state index is 0.0981. The Balaban J connectivity index is 2.32. The van der Waals surface area contributed by atoms with E-state index >= 15 is 0 Å². The lowest BCUT2D eigenvalue weighted by Crippen LogP contribution is -2.36. The van der Waals surface area contributed by atoms with E-state index in [0.29, 0.717) is 17.8 Å². The Bertz CT molecular complexity index is 399. The summed E-state index contributed by atoms with van der Waals surface area (Å²) in [4.78, 5) is 9.71. The topological polar surface area (TPSA) is 29.0 Å². The van der Waals surface area contributed by atoms with E-state index in [-0.39, 0.29) is 5.15 Å². The second kappa shape index (κ2) is 5.17. The van der Waals surface area contributed by atoms with Gasteiger partial charge in [0, 0.05) is 12.6 Å². The lowest BCUT2D eigenvalue weighted by atomic mass is 10.1. The van der Waals surface area contributed by atoms with Gasteiger partial charge in [-0.15, -0.1) is 0 Å². The summed E-state index contributed by atoms with van der Waals surface area (Å²) in [6.07, 6.45) is 4.75. The van der Waals surface area contributed by atoms with Gasteiger partial charge in [-0.3, -0.25) is 0 Å². The zero-order valence-corrected chi connectivity index (χ0v) is 10.9. The summed E-state index contributed by atoms with van der Waals surface area (Å²) in [6, 6.07) is 0.292.